The quantitative estimate of drug-likeness (QED) is 0.597. The van der Waals surface area contributed by atoms with Crippen molar-refractivity contribution in [2.75, 3.05) is 13.1 Å². The average Bonchev–Trinajstić information content (AvgIpc) is 2.63. The predicted octanol–water partition coefficient (Wildman–Crippen LogP) is 5.80. The zero-order valence-electron chi connectivity index (χ0n) is 14.3. The van der Waals surface area contributed by atoms with E-state index in [0.717, 1.165) is 21.3 Å². The molecule has 2 nitrogen and oxygen atoms in total. The van der Waals surface area contributed by atoms with Crippen LogP contribution in [-0.4, -0.2) is 24.2 Å². The Morgan fingerprint density at radius 3 is 2.38 bits per heavy atom. The van der Waals surface area contributed by atoms with Crippen molar-refractivity contribution in [2.45, 2.75) is 32.2 Å². The van der Waals surface area contributed by atoms with Gasteiger partial charge >= 0.3 is 6.18 Å². The monoisotopic (exact) mass is 427 g/mol. The maximum absolute atomic E-state index is 12.8. The Labute approximate surface area is 160 Å². The highest BCUT2D eigenvalue weighted by molar-refractivity contribution is 9.10. The van der Waals surface area contributed by atoms with Gasteiger partial charge in [0, 0.05) is 11.0 Å². The summed E-state index contributed by atoms with van der Waals surface area (Å²) in [5.41, 5.74) is 2.12. The third-order valence-electron chi connectivity index (χ3n) is 4.71. The summed E-state index contributed by atoms with van der Waals surface area (Å²) < 4.78 is 45.2. The van der Waals surface area contributed by atoms with Gasteiger partial charge in [-0.1, -0.05) is 46.3 Å². The minimum absolute atomic E-state index is 0.172. The smallest absolute Gasteiger partial charge is 0.391 e. The number of likely N-dealkylation sites (tertiary alicyclic amines) is 1. The first-order valence-electron chi connectivity index (χ1n) is 8.66. The first-order chi connectivity index (χ1) is 12.4. The lowest BCUT2D eigenvalue weighted by molar-refractivity contribution is -0.185. The summed E-state index contributed by atoms with van der Waals surface area (Å²) in [5, 5.41) is 0. The maximum Gasteiger partial charge on any atom is 0.391 e. The fourth-order valence-corrected chi connectivity index (χ4v) is 3.53. The molecule has 0 atom stereocenters. The Balaban J connectivity index is 1.58. The molecular weight excluding hydrogens is 407 g/mol. The van der Waals surface area contributed by atoms with Crippen molar-refractivity contribution >= 4 is 15.9 Å². The van der Waals surface area contributed by atoms with Gasteiger partial charge in [0.05, 0.1) is 5.92 Å². The van der Waals surface area contributed by atoms with Crippen molar-refractivity contribution < 1.29 is 17.9 Å². The summed E-state index contributed by atoms with van der Waals surface area (Å²) in [6.45, 7) is 2.03. The topological polar surface area (TPSA) is 12.5 Å². The molecule has 1 heterocycles. The lowest BCUT2D eigenvalue weighted by atomic mass is 9.96. The van der Waals surface area contributed by atoms with Crippen LogP contribution in [0.25, 0.3) is 0 Å². The molecule has 3 rings (SSSR count). The van der Waals surface area contributed by atoms with Crippen LogP contribution in [0.15, 0.2) is 53.0 Å². The van der Waals surface area contributed by atoms with Crippen LogP contribution in [0, 0.1) is 5.92 Å². The summed E-state index contributed by atoms with van der Waals surface area (Å²) in [4.78, 5) is 2.07. The number of rotatable bonds is 5. The summed E-state index contributed by atoms with van der Waals surface area (Å²) in [6.07, 6.45) is -3.73. The van der Waals surface area contributed by atoms with Crippen molar-refractivity contribution in [3.05, 3.63) is 64.1 Å². The molecular formula is C20H21BrF3NO. The molecule has 2 aromatic rings. The molecule has 0 N–H and O–H groups in total. The zero-order valence-corrected chi connectivity index (χ0v) is 15.9. The largest absolute Gasteiger partial charge is 0.489 e. The van der Waals surface area contributed by atoms with E-state index in [-0.39, 0.29) is 12.8 Å². The first-order valence-corrected chi connectivity index (χ1v) is 9.45. The van der Waals surface area contributed by atoms with Gasteiger partial charge in [0.1, 0.15) is 12.4 Å². The fourth-order valence-electron chi connectivity index (χ4n) is 3.16. The Bertz CT molecular complexity index is 713. The Morgan fingerprint density at radius 2 is 1.73 bits per heavy atom. The minimum atomic E-state index is -4.07. The normalized spacial score (nSPS) is 16.6. The van der Waals surface area contributed by atoms with Crippen LogP contribution >= 0.6 is 15.9 Å². The number of nitrogens with zero attached hydrogens (tertiary/aromatic N) is 1. The molecule has 1 aliphatic heterocycles. The molecule has 2 aromatic carbocycles. The van der Waals surface area contributed by atoms with E-state index in [2.05, 4.69) is 20.8 Å². The van der Waals surface area contributed by atoms with Crippen molar-refractivity contribution in [3.63, 3.8) is 0 Å². The number of halogens is 4. The van der Waals surface area contributed by atoms with E-state index in [0.29, 0.717) is 26.2 Å². The van der Waals surface area contributed by atoms with Crippen molar-refractivity contribution in [1.82, 2.24) is 4.90 Å². The van der Waals surface area contributed by atoms with Crippen LogP contribution in [0.1, 0.15) is 24.0 Å². The van der Waals surface area contributed by atoms with Crippen LogP contribution in [0.3, 0.4) is 0 Å². The van der Waals surface area contributed by atoms with E-state index < -0.39 is 12.1 Å². The molecule has 1 fully saturated rings. The lowest BCUT2D eigenvalue weighted by Crippen LogP contribution is -2.38. The predicted molar refractivity (Wildman–Crippen MR) is 99.0 cm³/mol. The zero-order chi connectivity index (χ0) is 18.6. The van der Waals surface area contributed by atoms with Gasteiger partial charge in [-0.15, -0.1) is 0 Å². The number of ether oxygens (including phenoxy) is 1. The van der Waals surface area contributed by atoms with E-state index in [9.17, 15) is 13.2 Å². The molecule has 0 bridgehead atoms. The minimum Gasteiger partial charge on any atom is -0.489 e. The SMILES string of the molecule is FC(F)(F)C1CCN(Cc2cc(OCc3ccccc3)ccc2Br)CC1. The molecule has 0 amide bonds. The van der Waals surface area contributed by atoms with Crippen LogP contribution in [0.5, 0.6) is 5.75 Å². The molecule has 0 aromatic heterocycles. The van der Waals surface area contributed by atoms with Crippen molar-refractivity contribution in [3.8, 4) is 5.75 Å². The Kier molecular flexibility index (Phi) is 6.24. The highest BCUT2D eigenvalue weighted by Gasteiger charge is 2.40. The molecule has 0 radical (unpaired) electrons. The van der Waals surface area contributed by atoms with Gasteiger partial charge in [-0.25, -0.2) is 0 Å². The molecule has 6 heteroatoms. The number of benzene rings is 2. The van der Waals surface area contributed by atoms with E-state index in [4.69, 9.17) is 4.74 Å². The van der Waals surface area contributed by atoms with Gasteiger partial charge in [-0.2, -0.15) is 13.2 Å². The lowest BCUT2D eigenvalue weighted by Gasteiger charge is -2.33. The second-order valence-corrected chi connectivity index (χ2v) is 7.47. The molecule has 0 aliphatic carbocycles. The molecule has 140 valence electrons. The third kappa shape index (κ3) is 5.24. The second kappa shape index (κ2) is 8.44. The molecule has 0 saturated carbocycles. The number of alkyl halides is 3. The van der Waals surface area contributed by atoms with Gasteiger partial charge < -0.3 is 4.74 Å². The average molecular weight is 428 g/mol. The van der Waals surface area contributed by atoms with E-state index >= 15 is 0 Å². The summed E-state index contributed by atoms with van der Waals surface area (Å²) in [5.74, 6) is -0.403. The first kappa shape index (κ1) is 19.2. The number of hydrogen-bond donors (Lipinski definition) is 0. The van der Waals surface area contributed by atoms with E-state index in [1.54, 1.807) is 0 Å². The van der Waals surface area contributed by atoms with Gasteiger partial charge in [-0.05, 0) is 55.3 Å². The third-order valence-corrected chi connectivity index (χ3v) is 5.48. The Morgan fingerprint density at radius 1 is 1.04 bits per heavy atom. The fraction of sp³-hybridized carbons (Fsp3) is 0.400. The molecule has 0 unspecified atom stereocenters. The van der Waals surface area contributed by atoms with Crippen molar-refractivity contribution in [1.29, 1.82) is 0 Å². The van der Waals surface area contributed by atoms with E-state index in [1.165, 1.54) is 0 Å². The van der Waals surface area contributed by atoms with Crippen molar-refractivity contribution in [2.24, 2.45) is 5.92 Å². The molecule has 0 spiro atoms. The van der Waals surface area contributed by atoms with Crippen LogP contribution in [0.2, 0.25) is 0 Å². The van der Waals surface area contributed by atoms with Gasteiger partial charge in [0.15, 0.2) is 0 Å². The van der Waals surface area contributed by atoms with Crippen LogP contribution in [-0.2, 0) is 13.2 Å². The maximum atomic E-state index is 12.8. The molecule has 1 aliphatic rings. The number of piperidine rings is 1. The van der Waals surface area contributed by atoms with Gasteiger partial charge in [0.2, 0.25) is 0 Å². The highest BCUT2D eigenvalue weighted by atomic mass is 79.9. The molecule has 1 saturated heterocycles. The molecule has 26 heavy (non-hydrogen) atoms. The van der Waals surface area contributed by atoms with Gasteiger partial charge in [0.25, 0.3) is 0 Å². The Hall–Kier alpha value is -1.53. The highest BCUT2D eigenvalue weighted by Crippen LogP contribution is 2.35. The number of hydrogen-bond acceptors (Lipinski definition) is 2. The summed E-state index contributed by atoms with van der Waals surface area (Å²) in [7, 11) is 0. The standard InChI is InChI=1S/C20H21BrF3NO/c21-19-7-6-18(26-14-15-4-2-1-3-5-15)12-16(19)13-25-10-8-17(9-11-25)20(22,23)24/h1-7,12,17H,8-11,13-14H2. The van der Waals surface area contributed by atoms with Gasteiger partial charge in [-0.3, -0.25) is 4.90 Å². The summed E-state index contributed by atoms with van der Waals surface area (Å²) >= 11 is 3.53. The summed E-state index contributed by atoms with van der Waals surface area (Å²) in [6, 6.07) is 15.7. The van der Waals surface area contributed by atoms with Crippen LogP contribution in [0.4, 0.5) is 13.2 Å². The van der Waals surface area contributed by atoms with Crippen LogP contribution < -0.4 is 4.74 Å². The van der Waals surface area contributed by atoms with E-state index in [1.807, 2.05) is 48.5 Å². The second-order valence-electron chi connectivity index (χ2n) is 6.62.